The van der Waals surface area contributed by atoms with Gasteiger partial charge in [0.25, 0.3) is 0 Å². The number of carbonyl (C=O) groups excluding carboxylic acids is 1. The van der Waals surface area contributed by atoms with Crippen molar-refractivity contribution >= 4 is 11.6 Å². The van der Waals surface area contributed by atoms with Gasteiger partial charge in [0, 0.05) is 24.6 Å². The van der Waals surface area contributed by atoms with Crippen molar-refractivity contribution in [3.63, 3.8) is 0 Å². The molecule has 156 valence electrons. The van der Waals surface area contributed by atoms with Crippen LogP contribution in [0.3, 0.4) is 0 Å². The molecule has 0 saturated heterocycles. The summed E-state index contributed by atoms with van der Waals surface area (Å²) >= 11 is 0. The first kappa shape index (κ1) is 21.6. The predicted molar refractivity (Wildman–Crippen MR) is 123 cm³/mol. The molecular weight excluding hydrogens is 372 g/mol. The Hall–Kier alpha value is -3.11. The van der Waals surface area contributed by atoms with Crippen molar-refractivity contribution in [2.24, 2.45) is 0 Å². The fourth-order valence-corrected chi connectivity index (χ4v) is 3.49. The van der Waals surface area contributed by atoms with Gasteiger partial charge in [-0.15, -0.1) is 0 Å². The Kier molecular flexibility index (Phi) is 8.04. The molecule has 3 rings (SSSR count). The predicted octanol–water partition coefficient (Wildman–Crippen LogP) is 5.22. The molecule has 0 aliphatic carbocycles. The Morgan fingerprint density at radius 2 is 1.43 bits per heavy atom. The lowest BCUT2D eigenvalue weighted by Gasteiger charge is -2.20. The van der Waals surface area contributed by atoms with Crippen molar-refractivity contribution in [1.29, 1.82) is 0 Å². The van der Waals surface area contributed by atoms with E-state index in [4.69, 9.17) is 4.74 Å². The van der Waals surface area contributed by atoms with Crippen LogP contribution in [0, 0.1) is 0 Å². The Morgan fingerprint density at radius 3 is 1.97 bits per heavy atom. The summed E-state index contributed by atoms with van der Waals surface area (Å²) in [6.45, 7) is 5.12. The second-order valence-corrected chi connectivity index (χ2v) is 7.53. The van der Waals surface area contributed by atoms with Crippen LogP contribution in [-0.2, 0) is 4.79 Å². The Morgan fingerprint density at radius 1 is 0.867 bits per heavy atom. The zero-order valence-corrected chi connectivity index (χ0v) is 17.7. The molecule has 0 saturated carbocycles. The van der Waals surface area contributed by atoms with Crippen molar-refractivity contribution in [2.75, 3.05) is 18.5 Å². The van der Waals surface area contributed by atoms with Crippen LogP contribution < -0.4 is 15.4 Å². The number of nitrogens with one attached hydrogen (secondary N) is 2. The lowest BCUT2D eigenvalue weighted by atomic mass is 9.88. The number of amides is 1. The summed E-state index contributed by atoms with van der Waals surface area (Å²) in [5, 5.41) is 6.33. The summed E-state index contributed by atoms with van der Waals surface area (Å²) in [5.74, 6) is 1.09. The number of hydrogen-bond acceptors (Lipinski definition) is 3. The van der Waals surface area contributed by atoms with Gasteiger partial charge in [-0.3, -0.25) is 4.79 Å². The number of ether oxygens (including phenoxy) is 1. The Bertz CT molecular complexity index is 856. The molecule has 0 heterocycles. The molecular formula is C26H30N2O2. The summed E-state index contributed by atoms with van der Waals surface area (Å²) in [4.78, 5) is 11.1. The van der Waals surface area contributed by atoms with Crippen LogP contribution in [0.4, 0.5) is 5.69 Å². The van der Waals surface area contributed by atoms with E-state index in [-0.39, 0.29) is 11.9 Å². The van der Waals surface area contributed by atoms with Gasteiger partial charge >= 0.3 is 0 Å². The summed E-state index contributed by atoms with van der Waals surface area (Å²) in [6, 6.07) is 29.0. The Labute approximate surface area is 179 Å². The van der Waals surface area contributed by atoms with Crippen molar-refractivity contribution in [2.45, 2.75) is 32.2 Å². The van der Waals surface area contributed by atoms with E-state index in [9.17, 15) is 4.79 Å². The molecule has 1 amide bonds. The minimum atomic E-state index is -0.0780. The van der Waals surface area contributed by atoms with Gasteiger partial charge in [-0.2, -0.15) is 0 Å². The summed E-state index contributed by atoms with van der Waals surface area (Å²) in [5.41, 5.74) is 3.45. The average molecular weight is 403 g/mol. The molecule has 3 aromatic carbocycles. The highest BCUT2D eigenvalue weighted by atomic mass is 16.5. The maximum absolute atomic E-state index is 11.1. The van der Waals surface area contributed by atoms with E-state index in [0.29, 0.717) is 12.5 Å². The fraction of sp³-hybridized carbons (Fsp3) is 0.269. The van der Waals surface area contributed by atoms with Crippen molar-refractivity contribution in [1.82, 2.24) is 5.32 Å². The van der Waals surface area contributed by atoms with Crippen LogP contribution in [0.2, 0.25) is 0 Å². The van der Waals surface area contributed by atoms with Gasteiger partial charge in [0.15, 0.2) is 0 Å². The molecule has 0 fully saturated rings. The number of benzene rings is 3. The fourth-order valence-electron chi connectivity index (χ4n) is 3.49. The van der Waals surface area contributed by atoms with Gasteiger partial charge in [0.05, 0.1) is 0 Å². The summed E-state index contributed by atoms with van der Waals surface area (Å²) < 4.78 is 5.88. The smallest absolute Gasteiger partial charge is 0.221 e. The van der Waals surface area contributed by atoms with E-state index in [1.54, 1.807) is 0 Å². The minimum absolute atomic E-state index is 0.0780. The monoisotopic (exact) mass is 402 g/mol. The van der Waals surface area contributed by atoms with Gasteiger partial charge in [-0.05, 0) is 55.3 Å². The van der Waals surface area contributed by atoms with E-state index < -0.39 is 0 Å². The molecule has 0 aliphatic rings. The van der Waals surface area contributed by atoms with Crippen molar-refractivity contribution < 1.29 is 9.53 Å². The third kappa shape index (κ3) is 6.75. The highest BCUT2D eigenvalue weighted by Crippen LogP contribution is 2.27. The summed E-state index contributed by atoms with van der Waals surface area (Å²) in [7, 11) is 0. The number of anilines is 1. The van der Waals surface area contributed by atoms with E-state index in [0.717, 1.165) is 24.4 Å². The van der Waals surface area contributed by atoms with Gasteiger partial charge in [0.1, 0.15) is 12.4 Å². The molecule has 0 aliphatic heterocycles. The topological polar surface area (TPSA) is 50.4 Å². The number of rotatable bonds is 10. The minimum Gasteiger partial charge on any atom is -0.492 e. The first-order valence-electron chi connectivity index (χ1n) is 10.5. The highest BCUT2D eigenvalue weighted by molar-refractivity contribution is 5.88. The molecule has 0 aromatic heterocycles. The van der Waals surface area contributed by atoms with Crippen LogP contribution in [0.5, 0.6) is 5.75 Å². The van der Waals surface area contributed by atoms with E-state index >= 15 is 0 Å². The zero-order valence-electron chi connectivity index (χ0n) is 17.7. The maximum Gasteiger partial charge on any atom is 0.221 e. The van der Waals surface area contributed by atoms with Crippen LogP contribution in [-0.4, -0.2) is 25.1 Å². The highest BCUT2D eigenvalue weighted by Gasteiger charge is 2.14. The van der Waals surface area contributed by atoms with Crippen LogP contribution in [0.1, 0.15) is 37.3 Å². The van der Waals surface area contributed by atoms with Crippen LogP contribution >= 0.6 is 0 Å². The SMILES string of the molecule is CC(=O)Nc1ccc(OCC(C)NCCC(c2ccccc2)c2ccccc2)cc1. The first-order valence-corrected chi connectivity index (χ1v) is 10.5. The second-order valence-electron chi connectivity index (χ2n) is 7.53. The molecule has 1 unspecified atom stereocenters. The normalized spacial score (nSPS) is 11.8. The quantitative estimate of drug-likeness (QED) is 0.489. The van der Waals surface area contributed by atoms with Crippen LogP contribution in [0.15, 0.2) is 84.9 Å². The largest absolute Gasteiger partial charge is 0.492 e. The molecule has 4 nitrogen and oxygen atoms in total. The standard InChI is InChI=1S/C26H30N2O2/c1-20(19-30-25-15-13-24(14-16-25)28-21(2)29)27-18-17-26(22-9-5-3-6-10-22)23-11-7-4-8-12-23/h3-16,20,26-27H,17-19H2,1-2H3,(H,28,29). The molecule has 0 bridgehead atoms. The van der Waals surface area contributed by atoms with Gasteiger partial charge in [-0.1, -0.05) is 60.7 Å². The molecule has 1 atom stereocenters. The average Bonchev–Trinajstić information content (AvgIpc) is 2.77. The lowest BCUT2D eigenvalue weighted by molar-refractivity contribution is -0.114. The lowest BCUT2D eigenvalue weighted by Crippen LogP contribution is -2.33. The van der Waals surface area contributed by atoms with E-state index in [2.05, 4.69) is 78.2 Å². The molecule has 3 aromatic rings. The Balaban J connectivity index is 1.48. The van der Waals surface area contributed by atoms with E-state index in [1.807, 2.05) is 24.3 Å². The first-order chi connectivity index (χ1) is 14.6. The molecule has 0 spiro atoms. The van der Waals surface area contributed by atoms with Crippen LogP contribution in [0.25, 0.3) is 0 Å². The molecule has 30 heavy (non-hydrogen) atoms. The van der Waals surface area contributed by atoms with E-state index in [1.165, 1.54) is 18.1 Å². The molecule has 2 N–H and O–H groups in total. The second kappa shape index (κ2) is 11.2. The van der Waals surface area contributed by atoms with Crippen molar-refractivity contribution in [3.8, 4) is 5.75 Å². The zero-order chi connectivity index (χ0) is 21.2. The molecule has 0 radical (unpaired) electrons. The van der Waals surface area contributed by atoms with Gasteiger partial charge in [-0.25, -0.2) is 0 Å². The maximum atomic E-state index is 11.1. The number of hydrogen-bond donors (Lipinski definition) is 2. The number of carbonyl (C=O) groups is 1. The summed E-state index contributed by atoms with van der Waals surface area (Å²) in [6.07, 6.45) is 1.02. The molecule has 4 heteroatoms. The van der Waals surface area contributed by atoms with Gasteiger partial charge in [0.2, 0.25) is 5.91 Å². The third-order valence-electron chi connectivity index (χ3n) is 5.00. The third-order valence-corrected chi connectivity index (χ3v) is 5.00. The van der Waals surface area contributed by atoms with Crippen molar-refractivity contribution in [3.05, 3.63) is 96.1 Å². The van der Waals surface area contributed by atoms with Gasteiger partial charge < -0.3 is 15.4 Å².